The largest absolute Gasteiger partial charge is 0.477 e. The van der Waals surface area contributed by atoms with Crippen LogP contribution in [0.1, 0.15) is 36.2 Å². The maximum atomic E-state index is 14.8. The lowest BCUT2D eigenvalue weighted by Crippen LogP contribution is -2.19. The number of carbonyl (C=O) groups excluding carboxylic acids is 1. The summed E-state index contributed by atoms with van der Waals surface area (Å²) in [6, 6.07) is 5.86. The Balaban J connectivity index is 1.89. The lowest BCUT2D eigenvalue weighted by atomic mass is 10.0. The van der Waals surface area contributed by atoms with Crippen molar-refractivity contribution >= 4 is 28.5 Å². The number of carboxylic acid groups (broad SMARTS) is 1. The van der Waals surface area contributed by atoms with Crippen LogP contribution in [0.25, 0.3) is 22.2 Å². The highest BCUT2D eigenvalue weighted by Crippen LogP contribution is 2.38. The van der Waals surface area contributed by atoms with Gasteiger partial charge >= 0.3 is 5.97 Å². The van der Waals surface area contributed by atoms with Crippen molar-refractivity contribution in [2.45, 2.75) is 25.8 Å². The van der Waals surface area contributed by atoms with E-state index in [0.29, 0.717) is 16.9 Å². The third-order valence-corrected chi connectivity index (χ3v) is 4.65. The van der Waals surface area contributed by atoms with E-state index in [9.17, 15) is 23.9 Å². The molecule has 1 aromatic carbocycles. The fourth-order valence-electron chi connectivity index (χ4n) is 3.20. The molecule has 1 aliphatic rings. The van der Waals surface area contributed by atoms with Gasteiger partial charge in [0.1, 0.15) is 11.4 Å². The molecular weight excluding hydrogens is 365 g/mol. The average molecular weight is 381 g/mol. The van der Waals surface area contributed by atoms with Gasteiger partial charge in [-0.05, 0) is 37.1 Å². The molecule has 7 nitrogen and oxygen atoms in total. The summed E-state index contributed by atoms with van der Waals surface area (Å²) in [7, 11) is 0. The molecule has 28 heavy (non-hydrogen) atoms. The number of benzene rings is 1. The van der Waals surface area contributed by atoms with Crippen LogP contribution in [0.2, 0.25) is 0 Å². The molecule has 0 unspecified atom stereocenters. The minimum absolute atomic E-state index is 0.0305. The Morgan fingerprint density at radius 1 is 1.29 bits per heavy atom. The van der Waals surface area contributed by atoms with Gasteiger partial charge in [0, 0.05) is 30.1 Å². The maximum Gasteiger partial charge on any atom is 0.341 e. The van der Waals surface area contributed by atoms with Gasteiger partial charge in [-0.1, -0.05) is 0 Å². The fraction of sp³-hybridized carbons (Fsp3) is 0.200. The molecule has 3 aromatic rings. The van der Waals surface area contributed by atoms with Crippen LogP contribution in [0.4, 0.5) is 10.1 Å². The topological polar surface area (TPSA) is 101 Å². The summed E-state index contributed by atoms with van der Waals surface area (Å²) in [5.41, 5.74) is 0.410. The van der Waals surface area contributed by atoms with Crippen LogP contribution in [0.15, 0.2) is 41.5 Å². The summed E-state index contributed by atoms with van der Waals surface area (Å²) in [5, 5.41) is 11.9. The zero-order chi connectivity index (χ0) is 20.0. The smallest absolute Gasteiger partial charge is 0.341 e. The van der Waals surface area contributed by atoms with Crippen molar-refractivity contribution in [2.75, 3.05) is 5.32 Å². The second-order valence-electron chi connectivity index (χ2n) is 6.78. The van der Waals surface area contributed by atoms with Crippen LogP contribution in [0, 0.1) is 5.82 Å². The Morgan fingerprint density at radius 3 is 2.61 bits per heavy atom. The standard InChI is InChI=1S/C20H16FN3O4/c1-10(25)23-11-2-5-17(22-8-11)13-7-18-14(6-16(13)21)19(26)15(20(27)28)9-24(18)12-3-4-12/h2,5-9,12H,3-4H2,1H3,(H,23,25)(H,27,28). The SMILES string of the molecule is CC(=O)Nc1ccc(-c2cc3c(cc2F)c(=O)c(C(=O)O)cn3C2CC2)nc1. The number of halogens is 1. The van der Waals surface area contributed by atoms with Crippen LogP contribution < -0.4 is 10.7 Å². The molecular formula is C20H16FN3O4. The van der Waals surface area contributed by atoms with E-state index in [4.69, 9.17) is 0 Å². The van der Waals surface area contributed by atoms with Crippen LogP contribution in [-0.2, 0) is 4.79 Å². The number of aromatic nitrogens is 2. The minimum Gasteiger partial charge on any atom is -0.477 e. The summed E-state index contributed by atoms with van der Waals surface area (Å²) in [4.78, 5) is 39.2. The first-order valence-electron chi connectivity index (χ1n) is 8.71. The number of hydrogen-bond donors (Lipinski definition) is 2. The predicted octanol–water partition coefficient (Wildman–Crippen LogP) is 3.19. The molecule has 2 aromatic heterocycles. The van der Waals surface area contributed by atoms with Crippen molar-refractivity contribution in [1.29, 1.82) is 0 Å². The molecule has 1 saturated carbocycles. The van der Waals surface area contributed by atoms with E-state index in [1.807, 2.05) is 0 Å². The van der Waals surface area contributed by atoms with Gasteiger partial charge in [-0.25, -0.2) is 9.18 Å². The van der Waals surface area contributed by atoms with E-state index >= 15 is 0 Å². The number of aromatic carboxylic acids is 1. The van der Waals surface area contributed by atoms with E-state index in [-0.39, 0.29) is 28.5 Å². The Labute approximate surface area is 158 Å². The number of carbonyl (C=O) groups is 2. The molecule has 2 N–H and O–H groups in total. The average Bonchev–Trinajstić information content (AvgIpc) is 3.47. The Hall–Kier alpha value is -3.55. The first-order chi connectivity index (χ1) is 13.3. The zero-order valence-electron chi connectivity index (χ0n) is 14.9. The van der Waals surface area contributed by atoms with Gasteiger partial charge in [0.15, 0.2) is 0 Å². The van der Waals surface area contributed by atoms with Crippen molar-refractivity contribution in [3.63, 3.8) is 0 Å². The maximum absolute atomic E-state index is 14.8. The van der Waals surface area contributed by atoms with Gasteiger partial charge in [-0.2, -0.15) is 0 Å². The van der Waals surface area contributed by atoms with Crippen LogP contribution in [0.5, 0.6) is 0 Å². The van der Waals surface area contributed by atoms with Crippen LogP contribution in [-0.4, -0.2) is 26.5 Å². The van der Waals surface area contributed by atoms with Gasteiger partial charge in [0.05, 0.1) is 23.1 Å². The van der Waals surface area contributed by atoms with E-state index in [1.165, 1.54) is 25.4 Å². The number of fused-ring (bicyclic) bond motifs is 1. The van der Waals surface area contributed by atoms with Gasteiger partial charge in [-0.15, -0.1) is 0 Å². The monoisotopic (exact) mass is 381 g/mol. The van der Waals surface area contributed by atoms with Crippen LogP contribution in [0.3, 0.4) is 0 Å². The highest BCUT2D eigenvalue weighted by atomic mass is 19.1. The van der Waals surface area contributed by atoms with Crippen molar-refractivity contribution in [1.82, 2.24) is 9.55 Å². The summed E-state index contributed by atoms with van der Waals surface area (Å²) >= 11 is 0. The quantitative estimate of drug-likeness (QED) is 0.723. The number of rotatable bonds is 4. The van der Waals surface area contributed by atoms with Gasteiger partial charge in [-0.3, -0.25) is 14.6 Å². The fourth-order valence-corrected chi connectivity index (χ4v) is 3.20. The molecule has 0 spiro atoms. The molecule has 4 rings (SSSR count). The van der Waals surface area contributed by atoms with Crippen molar-refractivity contribution in [3.05, 3.63) is 58.3 Å². The molecule has 2 heterocycles. The number of nitrogens with one attached hydrogen (secondary N) is 1. The summed E-state index contributed by atoms with van der Waals surface area (Å²) < 4.78 is 16.5. The highest BCUT2D eigenvalue weighted by molar-refractivity contribution is 5.94. The minimum atomic E-state index is -1.33. The Bertz CT molecular complexity index is 1180. The van der Waals surface area contributed by atoms with E-state index in [0.717, 1.165) is 18.9 Å². The van der Waals surface area contributed by atoms with E-state index in [1.54, 1.807) is 16.7 Å². The molecule has 0 bridgehead atoms. The highest BCUT2D eigenvalue weighted by Gasteiger charge is 2.27. The Kier molecular flexibility index (Phi) is 4.18. The normalized spacial score (nSPS) is 13.5. The second-order valence-corrected chi connectivity index (χ2v) is 6.78. The molecule has 142 valence electrons. The first kappa shape index (κ1) is 17.8. The number of hydrogen-bond acceptors (Lipinski definition) is 4. The lowest BCUT2D eigenvalue weighted by Gasteiger charge is -2.13. The second kappa shape index (κ2) is 6.56. The number of nitrogens with zero attached hydrogens (tertiary/aromatic N) is 2. The van der Waals surface area contributed by atoms with Crippen LogP contribution >= 0.6 is 0 Å². The molecule has 0 atom stereocenters. The van der Waals surface area contributed by atoms with Gasteiger partial charge in [0.2, 0.25) is 11.3 Å². The number of pyridine rings is 2. The van der Waals surface area contributed by atoms with Crippen molar-refractivity contribution < 1.29 is 19.1 Å². The third kappa shape index (κ3) is 3.13. The molecule has 1 aliphatic carbocycles. The van der Waals surface area contributed by atoms with E-state index < -0.39 is 17.2 Å². The Morgan fingerprint density at radius 2 is 2.04 bits per heavy atom. The molecule has 0 aliphatic heterocycles. The molecule has 0 radical (unpaired) electrons. The third-order valence-electron chi connectivity index (χ3n) is 4.65. The van der Waals surface area contributed by atoms with Gasteiger partial charge in [0.25, 0.3) is 0 Å². The molecule has 1 amide bonds. The van der Waals surface area contributed by atoms with Crippen molar-refractivity contribution in [2.24, 2.45) is 0 Å². The summed E-state index contributed by atoms with van der Waals surface area (Å²) in [6.45, 7) is 1.37. The van der Waals surface area contributed by atoms with E-state index in [2.05, 4.69) is 10.3 Å². The predicted molar refractivity (Wildman–Crippen MR) is 101 cm³/mol. The summed E-state index contributed by atoms with van der Waals surface area (Å²) in [6.07, 6.45) is 4.49. The number of anilines is 1. The lowest BCUT2D eigenvalue weighted by molar-refractivity contribution is -0.114. The molecule has 8 heteroatoms. The van der Waals surface area contributed by atoms with Gasteiger partial charge < -0.3 is 15.0 Å². The molecule has 0 saturated heterocycles. The zero-order valence-corrected chi connectivity index (χ0v) is 14.9. The van der Waals surface area contributed by atoms with Crippen molar-refractivity contribution in [3.8, 4) is 11.3 Å². The molecule has 1 fully saturated rings. The summed E-state index contributed by atoms with van der Waals surface area (Å²) in [5.74, 6) is -2.25. The number of carboxylic acids is 1. The first-order valence-corrected chi connectivity index (χ1v) is 8.71. The number of amides is 1.